The van der Waals surface area contributed by atoms with Gasteiger partial charge in [-0.25, -0.2) is 8.42 Å². The van der Waals surface area contributed by atoms with Gasteiger partial charge in [0.1, 0.15) is 5.75 Å². The lowest BCUT2D eigenvalue weighted by Gasteiger charge is -2.24. The number of benzene rings is 2. The van der Waals surface area contributed by atoms with E-state index in [0.29, 0.717) is 11.4 Å². The summed E-state index contributed by atoms with van der Waals surface area (Å²) in [6, 6.07) is 15.2. The molecule has 134 valence electrons. The number of ether oxygens (including phenoxy) is 1. The predicted molar refractivity (Wildman–Crippen MR) is 103 cm³/mol. The molecule has 6 heteroatoms. The van der Waals surface area contributed by atoms with Gasteiger partial charge in [-0.1, -0.05) is 28.1 Å². The van der Waals surface area contributed by atoms with Gasteiger partial charge in [0, 0.05) is 17.1 Å². The molecule has 0 aromatic heterocycles. The highest BCUT2D eigenvalue weighted by atomic mass is 79.9. The molecule has 1 aliphatic heterocycles. The zero-order valence-electron chi connectivity index (χ0n) is 14.2. The van der Waals surface area contributed by atoms with Crippen LogP contribution < -0.4 is 4.74 Å². The molecule has 1 aliphatic rings. The molecular weight excluding hydrogens is 402 g/mol. The van der Waals surface area contributed by atoms with E-state index >= 15 is 0 Å². The number of hydrogen-bond donors (Lipinski definition) is 0. The van der Waals surface area contributed by atoms with Crippen LogP contribution in [0.25, 0.3) is 0 Å². The van der Waals surface area contributed by atoms with Crippen LogP contribution in [0.5, 0.6) is 5.75 Å². The van der Waals surface area contributed by atoms with Crippen molar-refractivity contribution in [3.63, 3.8) is 0 Å². The molecular formula is C19H22BrNO3S. The van der Waals surface area contributed by atoms with Gasteiger partial charge in [0.05, 0.1) is 17.8 Å². The molecule has 0 saturated carbocycles. The van der Waals surface area contributed by atoms with Crippen LogP contribution in [0.3, 0.4) is 0 Å². The zero-order chi connectivity index (χ0) is 17.9. The van der Waals surface area contributed by atoms with E-state index < -0.39 is 9.84 Å². The first-order valence-corrected chi connectivity index (χ1v) is 10.8. The lowest BCUT2D eigenvalue weighted by atomic mass is 10.0. The summed E-state index contributed by atoms with van der Waals surface area (Å²) in [5.41, 5.74) is 1.22. The Hall–Kier alpha value is -1.37. The first-order valence-electron chi connectivity index (χ1n) is 8.36. The number of likely N-dealkylation sites (tertiary alicyclic amines) is 1. The Balaban J connectivity index is 1.67. The summed E-state index contributed by atoms with van der Waals surface area (Å²) >= 11 is 3.34. The van der Waals surface area contributed by atoms with E-state index in [0.717, 1.165) is 29.6 Å². The normalized spacial score (nSPS) is 18.4. The number of sulfone groups is 1. The fourth-order valence-electron chi connectivity index (χ4n) is 3.29. The Kier molecular flexibility index (Phi) is 5.81. The van der Waals surface area contributed by atoms with Gasteiger partial charge in [0.15, 0.2) is 9.84 Å². The number of rotatable bonds is 6. The number of nitrogens with zero attached hydrogens (tertiary/aromatic N) is 1. The van der Waals surface area contributed by atoms with Crippen LogP contribution in [-0.4, -0.2) is 39.3 Å². The van der Waals surface area contributed by atoms with Crippen LogP contribution in [0.4, 0.5) is 0 Å². The van der Waals surface area contributed by atoms with Gasteiger partial charge in [-0.3, -0.25) is 4.90 Å². The smallest absolute Gasteiger partial charge is 0.179 e. The van der Waals surface area contributed by atoms with Crippen LogP contribution in [0.15, 0.2) is 57.9 Å². The van der Waals surface area contributed by atoms with Crippen molar-refractivity contribution in [2.75, 3.05) is 26.0 Å². The Morgan fingerprint density at radius 3 is 2.44 bits per heavy atom. The molecule has 1 saturated heterocycles. The molecule has 0 N–H and O–H groups in total. The first-order chi connectivity index (χ1) is 12.0. The predicted octanol–water partition coefficient (Wildman–Crippen LogP) is 4.07. The minimum absolute atomic E-state index is 0.140. The molecule has 0 bridgehead atoms. The molecule has 2 aromatic rings. The lowest BCUT2D eigenvalue weighted by Crippen LogP contribution is -2.29. The first kappa shape index (κ1) is 18.4. The number of hydrogen-bond acceptors (Lipinski definition) is 4. The Morgan fingerprint density at radius 1 is 1.12 bits per heavy atom. The Bertz CT molecular complexity index is 804. The summed E-state index contributed by atoms with van der Waals surface area (Å²) in [6.45, 7) is 1.49. The SMILES string of the molecule is COc1ccc(C2CCCN2CCS(=O)(=O)c2ccc(Br)cc2)cc1. The van der Waals surface area contributed by atoms with Crippen molar-refractivity contribution in [1.29, 1.82) is 0 Å². The largest absolute Gasteiger partial charge is 0.497 e. The summed E-state index contributed by atoms with van der Waals surface area (Å²) in [6.07, 6.45) is 2.15. The molecule has 0 aliphatic carbocycles. The Labute approximate surface area is 157 Å². The molecule has 0 amide bonds. The van der Waals surface area contributed by atoms with E-state index in [4.69, 9.17) is 4.74 Å². The quantitative estimate of drug-likeness (QED) is 0.702. The van der Waals surface area contributed by atoms with Crippen LogP contribution in [0.2, 0.25) is 0 Å². The van der Waals surface area contributed by atoms with Crippen LogP contribution >= 0.6 is 15.9 Å². The van der Waals surface area contributed by atoms with Gasteiger partial charge in [-0.05, 0) is 61.3 Å². The molecule has 0 spiro atoms. The standard InChI is InChI=1S/C19H22BrNO3S/c1-24-17-8-4-15(5-9-17)19-3-2-12-21(19)13-14-25(22,23)18-10-6-16(20)7-11-18/h4-11,19H,2-3,12-14H2,1H3. The molecule has 1 heterocycles. The van der Waals surface area contributed by atoms with E-state index in [9.17, 15) is 8.42 Å². The minimum Gasteiger partial charge on any atom is -0.497 e. The van der Waals surface area contributed by atoms with Gasteiger partial charge < -0.3 is 4.74 Å². The van der Waals surface area contributed by atoms with Crippen molar-refractivity contribution in [2.45, 2.75) is 23.8 Å². The molecule has 25 heavy (non-hydrogen) atoms. The monoisotopic (exact) mass is 423 g/mol. The van der Waals surface area contributed by atoms with E-state index in [2.05, 4.69) is 33.0 Å². The van der Waals surface area contributed by atoms with E-state index in [-0.39, 0.29) is 11.8 Å². The maximum absolute atomic E-state index is 12.6. The molecule has 4 nitrogen and oxygen atoms in total. The zero-order valence-corrected chi connectivity index (χ0v) is 16.6. The molecule has 1 fully saturated rings. The van der Waals surface area contributed by atoms with Crippen molar-refractivity contribution < 1.29 is 13.2 Å². The van der Waals surface area contributed by atoms with Gasteiger partial charge in [0.25, 0.3) is 0 Å². The fraction of sp³-hybridized carbons (Fsp3) is 0.368. The average molecular weight is 424 g/mol. The third-order valence-electron chi connectivity index (χ3n) is 4.68. The summed E-state index contributed by atoms with van der Waals surface area (Å²) in [5, 5.41) is 0. The third kappa shape index (κ3) is 4.43. The highest BCUT2D eigenvalue weighted by molar-refractivity contribution is 9.10. The van der Waals surface area contributed by atoms with Crippen LogP contribution in [-0.2, 0) is 9.84 Å². The van der Waals surface area contributed by atoms with Gasteiger partial charge in [-0.15, -0.1) is 0 Å². The molecule has 1 unspecified atom stereocenters. The van der Waals surface area contributed by atoms with Crippen LogP contribution in [0, 0.1) is 0 Å². The third-order valence-corrected chi connectivity index (χ3v) is 6.92. The summed E-state index contributed by atoms with van der Waals surface area (Å²) < 4.78 is 31.2. The van der Waals surface area contributed by atoms with Crippen LogP contribution in [0.1, 0.15) is 24.4 Å². The summed E-state index contributed by atoms with van der Waals surface area (Å²) in [5.74, 6) is 0.979. The summed E-state index contributed by atoms with van der Waals surface area (Å²) in [7, 11) is -1.61. The maximum Gasteiger partial charge on any atom is 0.179 e. The van der Waals surface area contributed by atoms with Gasteiger partial charge in [-0.2, -0.15) is 0 Å². The van der Waals surface area contributed by atoms with E-state index in [1.54, 1.807) is 31.4 Å². The average Bonchev–Trinajstić information content (AvgIpc) is 3.09. The maximum atomic E-state index is 12.6. The number of methoxy groups -OCH3 is 1. The van der Waals surface area contributed by atoms with Gasteiger partial charge in [0.2, 0.25) is 0 Å². The molecule has 0 radical (unpaired) electrons. The second kappa shape index (κ2) is 7.89. The highest BCUT2D eigenvalue weighted by Crippen LogP contribution is 2.32. The molecule has 2 aromatic carbocycles. The van der Waals surface area contributed by atoms with Crippen molar-refractivity contribution in [3.05, 3.63) is 58.6 Å². The lowest BCUT2D eigenvalue weighted by molar-refractivity contribution is 0.272. The van der Waals surface area contributed by atoms with Crippen molar-refractivity contribution in [2.24, 2.45) is 0 Å². The van der Waals surface area contributed by atoms with Crippen molar-refractivity contribution >= 4 is 25.8 Å². The van der Waals surface area contributed by atoms with E-state index in [1.807, 2.05) is 12.1 Å². The molecule has 3 rings (SSSR count). The topological polar surface area (TPSA) is 46.6 Å². The van der Waals surface area contributed by atoms with Crippen molar-refractivity contribution in [1.82, 2.24) is 4.90 Å². The number of halogens is 1. The second-order valence-corrected chi connectivity index (χ2v) is 9.26. The molecule has 1 atom stereocenters. The van der Waals surface area contributed by atoms with Crippen molar-refractivity contribution in [3.8, 4) is 5.75 Å². The Morgan fingerprint density at radius 2 is 1.80 bits per heavy atom. The van der Waals surface area contributed by atoms with Gasteiger partial charge >= 0.3 is 0 Å². The summed E-state index contributed by atoms with van der Waals surface area (Å²) in [4.78, 5) is 2.66. The minimum atomic E-state index is -3.26. The van der Waals surface area contributed by atoms with E-state index in [1.165, 1.54) is 5.56 Å². The fourth-order valence-corrected chi connectivity index (χ4v) is 4.82. The highest BCUT2D eigenvalue weighted by Gasteiger charge is 2.27. The second-order valence-electron chi connectivity index (χ2n) is 6.24.